The number of aliphatic imine (C=N–C) groups is 1. The van der Waals surface area contributed by atoms with E-state index >= 15 is 0 Å². The van der Waals surface area contributed by atoms with Crippen LogP contribution in [0.1, 0.15) is 22.3 Å². The molecule has 2 nitrogen and oxygen atoms in total. The van der Waals surface area contributed by atoms with Gasteiger partial charge in [0.15, 0.2) is 0 Å². The molecule has 0 spiro atoms. The zero-order chi connectivity index (χ0) is 21.6. The monoisotopic (exact) mass is 413 g/mol. The summed E-state index contributed by atoms with van der Waals surface area (Å²) in [4.78, 5) is 5.00. The van der Waals surface area contributed by atoms with Gasteiger partial charge < -0.3 is 4.74 Å². The van der Waals surface area contributed by atoms with E-state index in [0.717, 1.165) is 39.5 Å². The van der Waals surface area contributed by atoms with Crippen molar-refractivity contribution in [3.63, 3.8) is 0 Å². The van der Waals surface area contributed by atoms with Crippen molar-refractivity contribution in [2.75, 3.05) is 0 Å². The van der Waals surface area contributed by atoms with Gasteiger partial charge >= 0.3 is 0 Å². The zero-order valence-corrected chi connectivity index (χ0v) is 17.7. The van der Waals surface area contributed by atoms with Gasteiger partial charge in [-0.25, -0.2) is 0 Å². The van der Waals surface area contributed by atoms with E-state index < -0.39 is 0 Å². The van der Waals surface area contributed by atoms with Gasteiger partial charge in [0.05, 0.1) is 12.3 Å². The molecule has 4 aromatic rings. The summed E-state index contributed by atoms with van der Waals surface area (Å²) in [6.45, 7) is 0.627. The number of fused-ring (bicyclic) bond motifs is 1. The van der Waals surface area contributed by atoms with Crippen molar-refractivity contribution in [1.82, 2.24) is 0 Å². The SMILES string of the molecule is C1=C(c2ccccc2)Oc2ccccc2/C1=C/C(=NCc1ccccc1)c1ccccc1. The quantitative estimate of drug-likeness (QED) is 0.317. The summed E-state index contributed by atoms with van der Waals surface area (Å²) in [7, 11) is 0. The molecule has 154 valence electrons. The van der Waals surface area contributed by atoms with Gasteiger partial charge in [-0.2, -0.15) is 0 Å². The molecule has 0 N–H and O–H groups in total. The van der Waals surface area contributed by atoms with E-state index in [1.807, 2.05) is 48.5 Å². The highest BCUT2D eigenvalue weighted by molar-refractivity contribution is 6.14. The Bertz CT molecular complexity index is 1290. The van der Waals surface area contributed by atoms with E-state index in [4.69, 9.17) is 9.73 Å². The molecule has 0 amide bonds. The lowest BCUT2D eigenvalue weighted by Crippen LogP contribution is -2.06. The standard InChI is InChI=1S/C30H23NO/c1-4-12-23(13-5-1)22-31-28(24-14-6-2-7-15-24)20-26-21-30(25-16-8-3-9-17-25)32-29-19-11-10-18-27(26)29/h1-21H,22H2/b26-20+,31-28?. The van der Waals surface area contributed by atoms with Crippen LogP contribution in [0.2, 0.25) is 0 Å². The number of para-hydroxylation sites is 1. The number of ether oxygens (including phenoxy) is 1. The van der Waals surface area contributed by atoms with Crippen molar-refractivity contribution in [2.45, 2.75) is 6.54 Å². The van der Waals surface area contributed by atoms with Crippen LogP contribution in [0.4, 0.5) is 0 Å². The van der Waals surface area contributed by atoms with Crippen LogP contribution in [0.3, 0.4) is 0 Å². The maximum atomic E-state index is 6.25. The van der Waals surface area contributed by atoms with E-state index in [2.05, 4.69) is 78.9 Å². The molecule has 1 heterocycles. The second-order valence-corrected chi connectivity index (χ2v) is 7.63. The van der Waals surface area contributed by atoms with E-state index in [9.17, 15) is 0 Å². The molecular weight excluding hydrogens is 390 g/mol. The first-order valence-electron chi connectivity index (χ1n) is 10.8. The first kappa shape index (κ1) is 19.8. The van der Waals surface area contributed by atoms with Crippen LogP contribution in [0.5, 0.6) is 5.75 Å². The largest absolute Gasteiger partial charge is 0.456 e. The number of hydrogen-bond donors (Lipinski definition) is 0. The highest BCUT2D eigenvalue weighted by atomic mass is 16.5. The highest BCUT2D eigenvalue weighted by Crippen LogP contribution is 2.37. The fourth-order valence-electron chi connectivity index (χ4n) is 3.76. The number of nitrogens with zero attached hydrogens (tertiary/aromatic N) is 1. The Kier molecular flexibility index (Phi) is 5.76. The van der Waals surface area contributed by atoms with Crippen molar-refractivity contribution in [1.29, 1.82) is 0 Å². The lowest BCUT2D eigenvalue weighted by Gasteiger charge is -2.21. The van der Waals surface area contributed by atoms with Gasteiger partial charge in [-0.3, -0.25) is 4.99 Å². The topological polar surface area (TPSA) is 21.6 Å². The molecule has 1 aliphatic rings. The number of hydrogen-bond acceptors (Lipinski definition) is 2. The molecular formula is C30H23NO. The van der Waals surface area contributed by atoms with Crippen molar-refractivity contribution >= 4 is 17.0 Å². The normalized spacial score (nSPS) is 14.4. The summed E-state index contributed by atoms with van der Waals surface area (Å²) in [5.74, 6) is 1.70. The summed E-state index contributed by atoms with van der Waals surface area (Å²) in [6.07, 6.45) is 4.28. The second kappa shape index (κ2) is 9.32. The van der Waals surface area contributed by atoms with E-state index in [-0.39, 0.29) is 0 Å². The third-order valence-electron chi connectivity index (χ3n) is 5.40. The lowest BCUT2D eigenvalue weighted by molar-refractivity contribution is 0.509. The third-order valence-corrected chi connectivity index (χ3v) is 5.40. The summed E-state index contributed by atoms with van der Waals surface area (Å²) < 4.78 is 6.25. The molecule has 2 heteroatoms. The maximum absolute atomic E-state index is 6.25. The fourth-order valence-corrected chi connectivity index (χ4v) is 3.76. The van der Waals surface area contributed by atoms with Crippen LogP contribution < -0.4 is 4.74 Å². The average Bonchev–Trinajstić information content (AvgIpc) is 2.88. The summed E-state index contributed by atoms with van der Waals surface area (Å²) in [6, 6.07) is 39.1. The molecule has 0 fully saturated rings. The predicted molar refractivity (Wildman–Crippen MR) is 133 cm³/mol. The molecule has 0 atom stereocenters. The molecule has 4 aromatic carbocycles. The van der Waals surface area contributed by atoms with Crippen molar-refractivity contribution in [3.8, 4) is 5.75 Å². The van der Waals surface area contributed by atoms with E-state index in [0.29, 0.717) is 6.54 Å². The Hall–Kier alpha value is -4.17. The smallest absolute Gasteiger partial charge is 0.135 e. The molecule has 0 saturated heterocycles. The Balaban J connectivity index is 1.61. The van der Waals surface area contributed by atoms with E-state index in [1.165, 1.54) is 5.56 Å². The summed E-state index contributed by atoms with van der Waals surface area (Å²) >= 11 is 0. The molecule has 0 radical (unpaired) electrons. The van der Waals surface area contributed by atoms with Crippen LogP contribution in [-0.2, 0) is 6.54 Å². The van der Waals surface area contributed by atoms with E-state index in [1.54, 1.807) is 0 Å². The minimum Gasteiger partial charge on any atom is -0.456 e. The third kappa shape index (κ3) is 4.45. The van der Waals surface area contributed by atoms with Crippen LogP contribution in [-0.4, -0.2) is 5.71 Å². The van der Waals surface area contributed by atoms with Crippen molar-refractivity contribution < 1.29 is 4.74 Å². The summed E-state index contributed by atoms with van der Waals surface area (Å²) in [5.41, 5.74) is 6.43. The van der Waals surface area contributed by atoms with Crippen LogP contribution in [0.15, 0.2) is 132 Å². The molecule has 0 unspecified atom stereocenters. The van der Waals surface area contributed by atoms with Gasteiger partial charge in [0.25, 0.3) is 0 Å². The molecule has 0 saturated carbocycles. The Labute approximate surface area is 188 Å². The van der Waals surface area contributed by atoms with Gasteiger partial charge in [-0.1, -0.05) is 109 Å². The fraction of sp³-hybridized carbons (Fsp3) is 0.0333. The maximum Gasteiger partial charge on any atom is 0.135 e. The van der Waals surface area contributed by atoms with Crippen LogP contribution in [0.25, 0.3) is 11.3 Å². The van der Waals surface area contributed by atoms with Gasteiger partial charge in [0.2, 0.25) is 0 Å². The van der Waals surface area contributed by atoms with Gasteiger partial charge in [0.1, 0.15) is 11.5 Å². The molecule has 0 aromatic heterocycles. The minimum atomic E-state index is 0.627. The minimum absolute atomic E-state index is 0.627. The van der Waals surface area contributed by atoms with Gasteiger partial charge in [0, 0.05) is 11.1 Å². The molecule has 0 aliphatic carbocycles. The van der Waals surface area contributed by atoms with Gasteiger partial charge in [-0.15, -0.1) is 0 Å². The Morgan fingerprint density at radius 3 is 2.06 bits per heavy atom. The second-order valence-electron chi connectivity index (χ2n) is 7.63. The van der Waals surface area contributed by atoms with Crippen LogP contribution in [0, 0.1) is 0 Å². The number of rotatable bonds is 5. The number of benzene rings is 4. The number of allylic oxidation sites excluding steroid dienone is 3. The molecule has 1 aliphatic heterocycles. The van der Waals surface area contributed by atoms with Crippen molar-refractivity contribution in [3.05, 3.63) is 150 Å². The Morgan fingerprint density at radius 1 is 0.688 bits per heavy atom. The average molecular weight is 414 g/mol. The highest BCUT2D eigenvalue weighted by Gasteiger charge is 2.18. The first-order valence-corrected chi connectivity index (χ1v) is 10.8. The van der Waals surface area contributed by atoms with Crippen LogP contribution >= 0.6 is 0 Å². The molecule has 32 heavy (non-hydrogen) atoms. The Morgan fingerprint density at radius 2 is 1.31 bits per heavy atom. The zero-order valence-electron chi connectivity index (χ0n) is 17.7. The first-order chi connectivity index (χ1) is 15.9. The molecule has 5 rings (SSSR count). The van der Waals surface area contributed by atoms with Crippen molar-refractivity contribution in [2.24, 2.45) is 4.99 Å². The predicted octanol–water partition coefficient (Wildman–Crippen LogP) is 7.19. The summed E-state index contributed by atoms with van der Waals surface area (Å²) in [5, 5.41) is 0. The van der Waals surface area contributed by atoms with Gasteiger partial charge in [-0.05, 0) is 34.9 Å². The lowest BCUT2D eigenvalue weighted by atomic mass is 9.96. The molecule has 0 bridgehead atoms.